The summed E-state index contributed by atoms with van der Waals surface area (Å²) in [5.41, 5.74) is 1.64. The highest BCUT2D eigenvalue weighted by atomic mass is 19.1. The van der Waals surface area contributed by atoms with E-state index in [-0.39, 0.29) is 17.8 Å². The zero-order valence-electron chi connectivity index (χ0n) is 16.9. The van der Waals surface area contributed by atoms with E-state index in [1.807, 2.05) is 24.3 Å². The van der Waals surface area contributed by atoms with Gasteiger partial charge in [0, 0.05) is 32.2 Å². The first-order valence-corrected chi connectivity index (χ1v) is 10.1. The molecular formula is C25H26FNO3. The first-order chi connectivity index (χ1) is 14.6. The van der Waals surface area contributed by atoms with Crippen LogP contribution in [0.15, 0.2) is 54.6 Å². The van der Waals surface area contributed by atoms with Crippen molar-refractivity contribution in [1.29, 1.82) is 0 Å². The lowest BCUT2D eigenvalue weighted by Gasteiger charge is -2.24. The van der Waals surface area contributed by atoms with Crippen LogP contribution in [0.5, 0.6) is 5.75 Å². The molecule has 2 aromatic rings. The molecule has 1 aliphatic rings. The molecule has 1 fully saturated rings. The minimum absolute atomic E-state index is 0.0443. The van der Waals surface area contributed by atoms with Crippen molar-refractivity contribution >= 4 is 12.0 Å². The van der Waals surface area contributed by atoms with Gasteiger partial charge >= 0.3 is 0 Å². The minimum atomic E-state index is -0.328. The zero-order chi connectivity index (χ0) is 21.2. The molecule has 0 aliphatic carbocycles. The van der Waals surface area contributed by atoms with E-state index < -0.39 is 0 Å². The third kappa shape index (κ3) is 6.75. The standard InChI is InChI=1S/C25H26FNO3/c1-2-3-15-29-23-12-9-21(10-13-23)18-27(19-24-8-5-16-30-24)25(28)14-11-20-6-4-7-22(26)17-20/h1,4,6-7,9-14,17,24H,3,5,8,15-16,18-19H2. The predicted molar refractivity (Wildman–Crippen MR) is 115 cm³/mol. The third-order valence-corrected chi connectivity index (χ3v) is 4.84. The fourth-order valence-electron chi connectivity index (χ4n) is 3.29. The summed E-state index contributed by atoms with van der Waals surface area (Å²) in [4.78, 5) is 14.6. The molecule has 0 saturated carbocycles. The van der Waals surface area contributed by atoms with E-state index in [1.54, 1.807) is 23.1 Å². The summed E-state index contributed by atoms with van der Waals surface area (Å²) in [6.45, 7) is 2.18. The number of terminal acetylenes is 1. The quantitative estimate of drug-likeness (QED) is 0.350. The van der Waals surface area contributed by atoms with Gasteiger partial charge in [0.05, 0.1) is 12.7 Å². The highest BCUT2D eigenvalue weighted by Gasteiger charge is 2.21. The van der Waals surface area contributed by atoms with Gasteiger partial charge in [0.1, 0.15) is 11.6 Å². The molecule has 1 unspecified atom stereocenters. The SMILES string of the molecule is C#CCCOc1ccc(CN(CC2CCCO2)C(=O)C=Cc2cccc(F)c2)cc1. The Hall–Kier alpha value is -3.10. The normalized spacial score (nSPS) is 15.8. The third-order valence-electron chi connectivity index (χ3n) is 4.84. The van der Waals surface area contributed by atoms with Crippen LogP contribution in [0.2, 0.25) is 0 Å². The molecule has 2 aromatic carbocycles. The molecule has 3 rings (SSSR count). The Morgan fingerprint density at radius 1 is 1.30 bits per heavy atom. The zero-order valence-corrected chi connectivity index (χ0v) is 16.9. The van der Waals surface area contributed by atoms with Crippen LogP contribution in [-0.4, -0.2) is 36.7 Å². The monoisotopic (exact) mass is 407 g/mol. The van der Waals surface area contributed by atoms with Crippen molar-refractivity contribution < 1.29 is 18.7 Å². The summed E-state index contributed by atoms with van der Waals surface area (Å²) >= 11 is 0. The Morgan fingerprint density at radius 3 is 2.83 bits per heavy atom. The van der Waals surface area contributed by atoms with E-state index in [1.165, 1.54) is 18.2 Å². The summed E-state index contributed by atoms with van der Waals surface area (Å²) in [6.07, 6.45) is 10.9. The molecule has 0 aromatic heterocycles. The molecule has 0 bridgehead atoms. The van der Waals surface area contributed by atoms with Crippen LogP contribution in [0.25, 0.3) is 6.08 Å². The number of hydrogen-bond donors (Lipinski definition) is 0. The predicted octanol–water partition coefficient (Wildman–Crippen LogP) is 4.45. The minimum Gasteiger partial charge on any atom is -0.493 e. The smallest absolute Gasteiger partial charge is 0.246 e. The van der Waals surface area contributed by atoms with E-state index in [0.717, 1.165) is 30.8 Å². The highest BCUT2D eigenvalue weighted by molar-refractivity contribution is 5.91. The van der Waals surface area contributed by atoms with Gasteiger partial charge in [-0.15, -0.1) is 12.3 Å². The fraction of sp³-hybridized carbons (Fsp3) is 0.320. The lowest BCUT2D eigenvalue weighted by Crippen LogP contribution is -2.35. The van der Waals surface area contributed by atoms with Crippen LogP contribution in [0.1, 0.15) is 30.4 Å². The molecule has 30 heavy (non-hydrogen) atoms. The average molecular weight is 407 g/mol. The number of ether oxygens (including phenoxy) is 2. The first kappa shape index (κ1) is 21.6. The van der Waals surface area contributed by atoms with E-state index in [4.69, 9.17) is 15.9 Å². The van der Waals surface area contributed by atoms with Gasteiger partial charge in [-0.05, 0) is 54.3 Å². The molecule has 5 heteroatoms. The van der Waals surface area contributed by atoms with Gasteiger partial charge in [-0.2, -0.15) is 0 Å². The Balaban J connectivity index is 1.67. The van der Waals surface area contributed by atoms with Crippen LogP contribution in [-0.2, 0) is 16.1 Å². The van der Waals surface area contributed by atoms with Crippen LogP contribution >= 0.6 is 0 Å². The van der Waals surface area contributed by atoms with Crippen molar-refractivity contribution in [2.75, 3.05) is 19.8 Å². The Morgan fingerprint density at radius 2 is 2.13 bits per heavy atom. The van der Waals surface area contributed by atoms with Crippen molar-refractivity contribution in [3.63, 3.8) is 0 Å². The number of amides is 1. The Labute approximate surface area is 177 Å². The van der Waals surface area contributed by atoms with Crippen LogP contribution in [0.3, 0.4) is 0 Å². The second kappa shape index (κ2) is 11.2. The molecule has 1 aliphatic heterocycles. The number of benzene rings is 2. The maximum atomic E-state index is 13.4. The van der Waals surface area contributed by atoms with Gasteiger partial charge in [-0.25, -0.2) is 4.39 Å². The number of hydrogen-bond acceptors (Lipinski definition) is 3. The maximum absolute atomic E-state index is 13.4. The molecule has 0 radical (unpaired) electrons. The number of nitrogens with zero attached hydrogens (tertiary/aromatic N) is 1. The lowest BCUT2D eigenvalue weighted by molar-refractivity contribution is -0.128. The van der Waals surface area contributed by atoms with Gasteiger partial charge in [0.15, 0.2) is 0 Å². The molecule has 156 valence electrons. The average Bonchev–Trinajstić information content (AvgIpc) is 3.26. The van der Waals surface area contributed by atoms with Crippen molar-refractivity contribution in [1.82, 2.24) is 4.90 Å². The lowest BCUT2D eigenvalue weighted by atomic mass is 10.1. The molecule has 0 N–H and O–H groups in total. The maximum Gasteiger partial charge on any atom is 0.246 e. The van der Waals surface area contributed by atoms with E-state index in [9.17, 15) is 9.18 Å². The fourth-order valence-corrected chi connectivity index (χ4v) is 3.29. The van der Waals surface area contributed by atoms with E-state index in [2.05, 4.69) is 5.92 Å². The first-order valence-electron chi connectivity index (χ1n) is 10.1. The molecule has 4 nitrogen and oxygen atoms in total. The largest absolute Gasteiger partial charge is 0.493 e. The summed E-state index contributed by atoms with van der Waals surface area (Å²) in [5, 5.41) is 0. The molecule has 1 atom stereocenters. The second-order valence-corrected chi connectivity index (χ2v) is 7.19. The number of carbonyl (C=O) groups is 1. The van der Waals surface area contributed by atoms with Crippen molar-refractivity contribution in [3.05, 3.63) is 71.6 Å². The van der Waals surface area contributed by atoms with Crippen LogP contribution < -0.4 is 4.74 Å². The van der Waals surface area contributed by atoms with Gasteiger partial charge in [-0.3, -0.25) is 4.79 Å². The van der Waals surface area contributed by atoms with Crippen molar-refractivity contribution in [2.45, 2.75) is 31.9 Å². The molecule has 0 spiro atoms. The van der Waals surface area contributed by atoms with Gasteiger partial charge in [-0.1, -0.05) is 24.3 Å². The van der Waals surface area contributed by atoms with Gasteiger partial charge < -0.3 is 14.4 Å². The molecular weight excluding hydrogens is 381 g/mol. The van der Waals surface area contributed by atoms with Crippen molar-refractivity contribution in [3.8, 4) is 18.1 Å². The number of halogens is 1. The summed E-state index contributed by atoms with van der Waals surface area (Å²) < 4.78 is 24.7. The molecule has 1 amide bonds. The van der Waals surface area contributed by atoms with E-state index >= 15 is 0 Å². The highest BCUT2D eigenvalue weighted by Crippen LogP contribution is 2.18. The van der Waals surface area contributed by atoms with Crippen LogP contribution in [0.4, 0.5) is 4.39 Å². The summed E-state index contributed by atoms with van der Waals surface area (Å²) in [6, 6.07) is 13.8. The van der Waals surface area contributed by atoms with E-state index in [0.29, 0.717) is 31.7 Å². The Bertz CT molecular complexity index is 895. The number of carbonyl (C=O) groups excluding carboxylic acids is 1. The topological polar surface area (TPSA) is 38.8 Å². The van der Waals surface area contributed by atoms with Crippen LogP contribution in [0, 0.1) is 18.2 Å². The summed E-state index contributed by atoms with van der Waals surface area (Å²) in [5.74, 6) is 2.82. The Kier molecular flexibility index (Phi) is 8.05. The number of rotatable bonds is 9. The van der Waals surface area contributed by atoms with Gasteiger partial charge in [0.25, 0.3) is 0 Å². The second-order valence-electron chi connectivity index (χ2n) is 7.19. The molecule has 1 saturated heterocycles. The van der Waals surface area contributed by atoms with Crippen molar-refractivity contribution in [2.24, 2.45) is 0 Å². The molecule has 1 heterocycles. The van der Waals surface area contributed by atoms with Gasteiger partial charge in [0.2, 0.25) is 5.91 Å². The summed E-state index contributed by atoms with van der Waals surface area (Å²) in [7, 11) is 0.